The smallest absolute Gasteiger partial charge is 0.392 e. The summed E-state index contributed by atoms with van der Waals surface area (Å²) in [5.41, 5.74) is 1.35. The number of rotatable bonds is 9. The standard InChI is InChI=1S/C25H31F4NO3/c1-5-17-7-10-19(11-8-17)22(16(4)25(27,28)29)23(31)30-21-14-18(9-12-20(21)26)13-15(3)24(32)33-6-2/h7-10,12,14-16,19,22H,5-6,11,13H2,1-4H3,(H,30,31)/t15?,16-,19?,22+/m1/s1. The summed E-state index contributed by atoms with van der Waals surface area (Å²) in [5.74, 6) is -6.55. The fourth-order valence-electron chi connectivity index (χ4n) is 3.94. The Morgan fingerprint density at radius 1 is 1.21 bits per heavy atom. The van der Waals surface area contributed by atoms with Crippen molar-refractivity contribution >= 4 is 17.6 Å². The van der Waals surface area contributed by atoms with E-state index in [-0.39, 0.29) is 18.7 Å². The maximum Gasteiger partial charge on any atom is 0.392 e. The molecule has 0 aliphatic heterocycles. The van der Waals surface area contributed by atoms with Crippen molar-refractivity contribution in [2.75, 3.05) is 11.9 Å². The van der Waals surface area contributed by atoms with Gasteiger partial charge in [0.05, 0.1) is 30.0 Å². The van der Waals surface area contributed by atoms with Crippen LogP contribution >= 0.6 is 0 Å². The molecule has 8 heteroatoms. The Bertz CT molecular complexity index is 907. The molecule has 0 spiro atoms. The van der Waals surface area contributed by atoms with E-state index < -0.39 is 47.5 Å². The summed E-state index contributed by atoms with van der Waals surface area (Å²) in [6.45, 7) is 6.50. The molecule has 0 fully saturated rings. The molecule has 1 amide bonds. The fourth-order valence-corrected chi connectivity index (χ4v) is 3.94. The quantitative estimate of drug-likeness (QED) is 0.344. The number of ether oxygens (including phenoxy) is 1. The molecule has 1 aliphatic carbocycles. The predicted molar refractivity (Wildman–Crippen MR) is 119 cm³/mol. The lowest BCUT2D eigenvalue weighted by molar-refractivity contribution is -0.188. The maximum atomic E-state index is 14.4. The lowest BCUT2D eigenvalue weighted by atomic mass is 9.77. The molecule has 1 aromatic carbocycles. The van der Waals surface area contributed by atoms with Gasteiger partial charge in [-0.1, -0.05) is 50.6 Å². The summed E-state index contributed by atoms with van der Waals surface area (Å²) in [5, 5.41) is 2.37. The number of alkyl halides is 3. The molecule has 0 aromatic heterocycles. The Hall–Kier alpha value is -2.64. The molecule has 2 unspecified atom stereocenters. The minimum absolute atomic E-state index is 0.211. The molecular weight excluding hydrogens is 438 g/mol. The van der Waals surface area contributed by atoms with Crippen LogP contribution in [-0.4, -0.2) is 24.7 Å². The minimum Gasteiger partial charge on any atom is -0.466 e. The number of nitrogens with one attached hydrogen (secondary N) is 1. The van der Waals surface area contributed by atoms with Gasteiger partial charge in [0.15, 0.2) is 0 Å². The van der Waals surface area contributed by atoms with E-state index in [0.29, 0.717) is 12.0 Å². The predicted octanol–water partition coefficient (Wildman–Crippen LogP) is 6.23. The number of allylic oxidation sites excluding steroid dienone is 4. The maximum absolute atomic E-state index is 14.4. The molecule has 0 saturated heterocycles. The van der Waals surface area contributed by atoms with Crippen LogP contribution in [0, 0.1) is 29.5 Å². The van der Waals surface area contributed by atoms with Crippen molar-refractivity contribution in [3.8, 4) is 0 Å². The van der Waals surface area contributed by atoms with Gasteiger partial charge in [-0.05, 0) is 49.8 Å². The van der Waals surface area contributed by atoms with E-state index in [1.54, 1.807) is 26.0 Å². The van der Waals surface area contributed by atoms with E-state index in [1.807, 2.05) is 13.0 Å². The highest BCUT2D eigenvalue weighted by Crippen LogP contribution is 2.39. The van der Waals surface area contributed by atoms with Gasteiger partial charge in [0, 0.05) is 0 Å². The largest absolute Gasteiger partial charge is 0.466 e. The molecule has 1 N–H and O–H groups in total. The van der Waals surface area contributed by atoms with Crippen LogP contribution in [0.4, 0.5) is 23.2 Å². The summed E-state index contributed by atoms with van der Waals surface area (Å²) in [7, 11) is 0. The molecule has 33 heavy (non-hydrogen) atoms. The third-order valence-corrected chi connectivity index (χ3v) is 5.96. The Balaban J connectivity index is 2.25. The molecule has 0 radical (unpaired) electrons. The molecule has 0 saturated carbocycles. The van der Waals surface area contributed by atoms with Crippen LogP contribution in [0.1, 0.15) is 46.1 Å². The van der Waals surface area contributed by atoms with Gasteiger partial charge in [0.2, 0.25) is 5.91 Å². The number of hydrogen-bond acceptors (Lipinski definition) is 3. The van der Waals surface area contributed by atoms with Crippen LogP contribution in [0.15, 0.2) is 42.0 Å². The van der Waals surface area contributed by atoms with E-state index in [2.05, 4.69) is 5.32 Å². The van der Waals surface area contributed by atoms with Crippen LogP contribution in [0.25, 0.3) is 0 Å². The van der Waals surface area contributed by atoms with E-state index in [9.17, 15) is 27.2 Å². The highest BCUT2D eigenvalue weighted by Gasteiger charge is 2.47. The van der Waals surface area contributed by atoms with Crippen molar-refractivity contribution in [1.29, 1.82) is 0 Å². The molecule has 182 valence electrons. The zero-order chi connectivity index (χ0) is 24.8. The zero-order valence-corrected chi connectivity index (χ0v) is 19.3. The molecule has 4 nitrogen and oxygen atoms in total. The number of hydrogen-bond donors (Lipinski definition) is 1. The number of halogens is 4. The van der Waals surface area contributed by atoms with Crippen LogP contribution < -0.4 is 5.32 Å². The van der Waals surface area contributed by atoms with E-state index in [4.69, 9.17) is 4.74 Å². The lowest BCUT2D eigenvalue weighted by Gasteiger charge is -2.31. The van der Waals surface area contributed by atoms with Crippen LogP contribution in [0.5, 0.6) is 0 Å². The molecule has 1 aromatic rings. The first-order chi connectivity index (χ1) is 15.5. The second-order valence-corrected chi connectivity index (χ2v) is 8.41. The molecule has 0 bridgehead atoms. The van der Waals surface area contributed by atoms with E-state index >= 15 is 0 Å². The summed E-state index contributed by atoms with van der Waals surface area (Å²) in [6.07, 6.45) is 1.93. The van der Waals surface area contributed by atoms with Gasteiger partial charge in [-0.3, -0.25) is 9.59 Å². The summed E-state index contributed by atoms with van der Waals surface area (Å²) in [6, 6.07) is 3.95. The number of anilines is 1. The Morgan fingerprint density at radius 3 is 2.45 bits per heavy atom. The van der Waals surface area contributed by atoms with Gasteiger partial charge in [0.25, 0.3) is 0 Å². The van der Waals surface area contributed by atoms with Crippen molar-refractivity contribution in [2.24, 2.45) is 23.7 Å². The lowest BCUT2D eigenvalue weighted by Crippen LogP contribution is -2.40. The number of amides is 1. The third kappa shape index (κ3) is 7.17. The van der Waals surface area contributed by atoms with E-state index in [0.717, 1.165) is 25.0 Å². The second kappa shape index (κ2) is 11.5. The van der Waals surface area contributed by atoms with Crippen molar-refractivity contribution < 1.29 is 31.9 Å². The average molecular weight is 470 g/mol. The topological polar surface area (TPSA) is 55.4 Å². The monoisotopic (exact) mass is 469 g/mol. The molecule has 1 aliphatic rings. The first kappa shape index (κ1) is 26.6. The summed E-state index contributed by atoms with van der Waals surface area (Å²) < 4.78 is 60.2. The summed E-state index contributed by atoms with van der Waals surface area (Å²) >= 11 is 0. The van der Waals surface area contributed by atoms with Crippen LogP contribution in [-0.2, 0) is 20.7 Å². The van der Waals surface area contributed by atoms with Gasteiger partial charge in [-0.2, -0.15) is 13.2 Å². The number of carbonyl (C=O) groups excluding carboxylic acids is 2. The Kier molecular flexibility index (Phi) is 9.25. The van der Waals surface area contributed by atoms with Crippen molar-refractivity contribution in [3.05, 3.63) is 53.4 Å². The number of benzene rings is 1. The first-order valence-electron chi connectivity index (χ1n) is 11.2. The van der Waals surface area contributed by atoms with Crippen LogP contribution in [0.2, 0.25) is 0 Å². The van der Waals surface area contributed by atoms with Gasteiger partial charge in [-0.15, -0.1) is 0 Å². The van der Waals surface area contributed by atoms with Crippen LogP contribution in [0.3, 0.4) is 0 Å². The van der Waals surface area contributed by atoms with Gasteiger partial charge in [0.1, 0.15) is 5.82 Å². The Labute approximate surface area is 192 Å². The highest BCUT2D eigenvalue weighted by atomic mass is 19.4. The van der Waals surface area contributed by atoms with Crippen molar-refractivity contribution in [2.45, 2.75) is 53.1 Å². The van der Waals surface area contributed by atoms with Gasteiger partial charge in [-0.25, -0.2) is 4.39 Å². The molecule has 2 rings (SSSR count). The fraction of sp³-hybridized carbons (Fsp3) is 0.520. The third-order valence-electron chi connectivity index (χ3n) is 5.96. The SMILES string of the molecule is CCOC(=O)C(C)Cc1ccc(F)c(NC(=O)[C@H](C2C=CC(CC)=CC2)[C@@H](C)C(F)(F)F)c1. The second-order valence-electron chi connectivity index (χ2n) is 8.41. The summed E-state index contributed by atoms with van der Waals surface area (Å²) in [4.78, 5) is 24.9. The van der Waals surface area contributed by atoms with E-state index in [1.165, 1.54) is 12.1 Å². The molecule has 4 atom stereocenters. The van der Waals surface area contributed by atoms with Crippen molar-refractivity contribution in [3.63, 3.8) is 0 Å². The molecule has 0 heterocycles. The van der Waals surface area contributed by atoms with Gasteiger partial charge < -0.3 is 10.1 Å². The zero-order valence-electron chi connectivity index (χ0n) is 19.3. The Morgan fingerprint density at radius 2 is 1.91 bits per heavy atom. The highest BCUT2D eigenvalue weighted by molar-refractivity contribution is 5.93. The first-order valence-corrected chi connectivity index (χ1v) is 11.2. The number of carbonyl (C=O) groups is 2. The molecular formula is C25H31F4NO3. The minimum atomic E-state index is -4.58. The average Bonchev–Trinajstić information content (AvgIpc) is 2.76. The normalized spacial score (nSPS) is 18.8. The number of esters is 1. The van der Waals surface area contributed by atoms with Crippen molar-refractivity contribution in [1.82, 2.24) is 0 Å². The van der Waals surface area contributed by atoms with Gasteiger partial charge >= 0.3 is 12.1 Å².